The molecule has 2 aromatic carbocycles. The van der Waals surface area contributed by atoms with Crippen molar-refractivity contribution in [2.75, 3.05) is 0 Å². The van der Waals surface area contributed by atoms with Gasteiger partial charge in [-0.2, -0.15) is 0 Å². The lowest BCUT2D eigenvalue weighted by Gasteiger charge is -2.02. The van der Waals surface area contributed by atoms with E-state index in [2.05, 4.69) is 9.97 Å². The smallest absolute Gasteiger partial charge is 0.274 e. The van der Waals surface area contributed by atoms with E-state index in [1.165, 1.54) is 0 Å². The van der Waals surface area contributed by atoms with E-state index in [-0.39, 0.29) is 0 Å². The Balaban J connectivity index is 1.88. The molecule has 3 rings (SSSR count). The fraction of sp³-hybridized carbons (Fsp3) is 0.0667. The number of amides is 1. The van der Waals surface area contributed by atoms with Crippen molar-refractivity contribution in [3.8, 4) is 0 Å². The summed E-state index contributed by atoms with van der Waals surface area (Å²) in [5.74, 6) is 0.323. The minimum absolute atomic E-state index is 0.418. The average Bonchev–Trinajstić information content (AvgIpc) is 2.88. The topological polar surface area (TPSA) is 78.0 Å². The van der Waals surface area contributed by atoms with E-state index in [9.17, 15) is 4.79 Å². The van der Waals surface area contributed by atoms with Gasteiger partial charge in [0.25, 0.3) is 5.91 Å². The van der Waals surface area contributed by atoms with Crippen LogP contribution in [0.1, 0.15) is 21.7 Å². The number of para-hydroxylation sites is 2. The van der Waals surface area contributed by atoms with Gasteiger partial charge in [0.1, 0.15) is 5.82 Å². The van der Waals surface area contributed by atoms with E-state index in [4.69, 9.17) is 5.21 Å². The van der Waals surface area contributed by atoms with E-state index in [0.29, 0.717) is 12.0 Å². The Labute approximate surface area is 115 Å². The summed E-state index contributed by atoms with van der Waals surface area (Å²) in [6, 6.07) is 14.9. The van der Waals surface area contributed by atoms with Crippen molar-refractivity contribution < 1.29 is 10.0 Å². The van der Waals surface area contributed by atoms with Gasteiger partial charge in [-0.05, 0) is 29.8 Å². The van der Waals surface area contributed by atoms with Gasteiger partial charge in [0, 0.05) is 12.0 Å². The molecule has 20 heavy (non-hydrogen) atoms. The Morgan fingerprint density at radius 1 is 1.20 bits per heavy atom. The molecule has 5 heteroatoms. The molecule has 0 aliphatic rings. The summed E-state index contributed by atoms with van der Waals surface area (Å²) in [4.78, 5) is 19.1. The third-order valence-electron chi connectivity index (χ3n) is 3.10. The molecule has 3 N–H and O–H groups in total. The van der Waals surface area contributed by atoms with Gasteiger partial charge >= 0.3 is 0 Å². The lowest BCUT2D eigenvalue weighted by molar-refractivity contribution is 0.0706. The van der Waals surface area contributed by atoms with Crippen molar-refractivity contribution >= 4 is 16.9 Å². The maximum Gasteiger partial charge on any atom is 0.274 e. The highest BCUT2D eigenvalue weighted by molar-refractivity contribution is 5.93. The van der Waals surface area contributed by atoms with Crippen molar-refractivity contribution in [3.05, 3.63) is 65.5 Å². The van der Waals surface area contributed by atoms with Gasteiger partial charge in [-0.25, -0.2) is 10.5 Å². The molecule has 1 heterocycles. The van der Waals surface area contributed by atoms with Crippen molar-refractivity contribution in [1.82, 2.24) is 15.4 Å². The fourth-order valence-corrected chi connectivity index (χ4v) is 2.17. The number of rotatable bonds is 3. The van der Waals surface area contributed by atoms with Gasteiger partial charge in [0.15, 0.2) is 0 Å². The van der Waals surface area contributed by atoms with Crippen molar-refractivity contribution in [1.29, 1.82) is 0 Å². The molecular weight excluding hydrogens is 254 g/mol. The average molecular weight is 267 g/mol. The van der Waals surface area contributed by atoms with Crippen LogP contribution in [0.5, 0.6) is 0 Å². The standard InChI is InChI=1S/C15H13N3O2/c19-15(18-20)11-5-3-4-10(8-11)9-14-16-12-6-1-2-7-13(12)17-14/h1-8,20H,9H2,(H,16,17)(H,18,19). The number of imidazole rings is 1. The summed E-state index contributed by atoms with van der Waals surface area (Å²) in [6.45, 7) is 0. The molecule has 0 atom stereocenters. The first-order chi connectivity index (χ1) is 9.76. The summed E-state index contributed by atoms with van der Waals surface area (Å²) >= 11 is 0. The van der Waals surface area contributed by atoms with Crippen LogP contribution in [0.4, 0.5) is 0 Å². The van der Waals surface area contributed by atoms with Crippen molar-refractivity contribution in [2.24, 2.45) is 0 Å². The molecule has 1 amide bonds. The zero-order valence-corrected chi connectivity index (χ0v) is 10.6. The maximum atomic E-state index is 11.4. The van der Waals surface area contributed by atoms with Crippen LogP contribution in [0.2, 0.25) is 0 Å². The van der Waals surface area contributed by atoms with Crippen molar-refractivity contribution in [3.63, 3.8) is 0 Å². The molecule has 0 bridgehead atoms. The van der Waals surface area contributed by atoms with Gasteiger partial charge in [0.2, 0.25) is 0 Å². The number of aromatic amines is 1. The second-order valence-corrected chi connectivity index (χ2v) is 4.52. The van der Waals surface area contributed by atoms with Gasteiger partial charge in [-0.1, -0.05) is 24.3 Å². The summed E-state index contributed by atoms with van der Waals surface area (Å²) < 4.78 is 0. The molecule has 0 unspecified atom stereocenters. The Kier molecular flexibility index (Phi) is 3.18. The summed E-state index contributed by atoms with van der Waals surface area (Å²) in [5.41, 5.74) is 4.91. The van der Waals surface area contributed by atoms with Gasteiger partial charge < -0.3 is 4.98 Å². The predicted octanol–water partition coefficient (Wildman–Crippen LogP) is 2.27. The maximum absolute atomic E-state index is 11.4. The number of carbonyl (C=O) groups excluding carboxylic acids is 1. The lowest BCUT2D eigenvalue weighted by atomic mass is 10.1. The van der Waals surface area contributed by atoms with Gasteiger partial charge in [-0.3, -0.25) is 10.0 Å². The van der Waals surface area contributed by atoms with E-state index in [1.807, 2.05) is 30.3 Å². The van der Waals surface area contributed by atoms with Crippen LogP contribution in [0.15, 0.2) is 48.5 Å². The molecule has 0 radical (unpaired) electrons. The molecule has 0 fully saturated rings. The minimum Gasteiger partial charge on any atom is -0.342 e. The Bertz CT molecular complexity index is 731. The molecule has 100 valence electrons. The number of nitrogens with one attached hydrogen (secondary N) is 2. The highest BCUT2D eigenvalue weighted by Crippen LogP contribution is 2.14. The molecule has 0 aliphatic heterocycles. The van der Waals surface area contributed by atoms with Crippen LogP contribution < -0.4 is 5.48 Å². The fourth-order valence-electron chi connectivity index (χ4n) is 2.17. The minimum atomic E-state index is -0.517. The van der Waals surface area contributed by atoms with E-state index < -0.39 is 5.91 Å². The van der Waals surface area contributed by atoms with Crippen LogP contribution in [0, 0.1) is 0 Å². The second kappa shape index (κ2) is 5.14. The first-order valence-electron chi connectivity index (χ1n) is 6.23. The highest BCUT2D eigenvalue weighted by atomic mass is 16.5. The lowest BCUT2D eigenvalue weighted by Crippen LogP contribution is -2.18. The van der Waals surface area contributed by atoms with E-state index in [0.717, 1.165) is 22.4 Å². The number of hydrogen-bond donors (Lipinski definition) is 3. The molecule has 1 aromatic heterocycles. The molecule has 5 nitrogen and oxygen atoms in total. The zero-order valence-electron chi connectivity index (χ0n) is 10.6. The van der Waals surface area contributed by atoms with Gasteiger partial charge in [0.05, 0.1) is 11.0 Å². The SMILES string of the molecule is O=C(NO)c1cccc(Cc2nc3ccccc3[nH]2)c1. The normalized spacial score (nSPS) is 10.7. The number of aromatic nitrogens is 2. The van der Waals surface area contributed by atoms with Crippen LogP contribution in [0.25, 0.3) is 11.0 Å². The van der Waals surface area contributed by atoms with Crippen LogP contribution in [0.3, 0.4) is 0 Å². The molecule has 0 spiro atoms. The third kappa shape index (κ3) is 2.39. The Hall–Kier alpha value is -2.66. The number of hydrogen-bond acceptors (Lipinski definition) is 3. The number of nitrogens with zero attached hydrogens (tertiary/aromatic N) is 1. The molecule has 3 aromatic rings. The molecule has 0 aliphatic carbocycles. The Morgan fingerprint density at radius 2 is 2.05 bits per heavy atom. The zero-order chi connectivity index (χ0) is 13.9. The van der Waals surface area contributed by atoms with Crippen LogP contribution >= 0.6 is 0 Å². The van der Waals surface area contributed by atoms with E-state index >= 15 is 0 Å². The summed E-state index contributed by atoms with van der Waals surface area (Å²) in [5, 5.41) is 8.65. The quantitative estimate of drug-likeness (QED) is 0.503. The summed E-state index contributed by atoms with van der Waals surface area (Å²) in [7, 11) is 0. The molecule has 0 saturated heterocycles. The van der Waals surface area contributed by atoms with E-state index in [1.54, 1.807) is 23.7 Å². The first-order valence-corrected chi connectivity index (χ1v) is 6.23. The molecular formula is C15H13N3O2. The second-order valence-electron chi connectivity index (χ2n) is 4.52. The number of fused-ring (bicyclic) bond motifs is 1. The summed E-state index contributed by atoms with van der Waals surface area (Å²) in [6.07, 6.45) is 0.598. The number of H-pyrrole nitrogens is 1. The number of hydroxylamine groups is 1. The Morgan fingerprint density at radius 3 is 2.85 bits per heavy atom. The molecule has 0 saturated carbocycles. The first kappa shape index (κ1) is 12.4. The van der Waals surface area contributed by atoms with Crippen molar-refractivity contribution in [2.45, 2.75) is 6.42 Å². The highest BCUT2D eigenvalue weighted by Gasteiger charge is 2.07. The van der Waals surface area contributed by atoms with Crippen LogP contribution in [-0.2, 0) is 6.42 Å². The predicted molar refractivity (Wildman–Crippen MR) is 74.6 cm³/mol. The largest absolute Gasteiger partial charge is 0.342 e. The number of benzene rings is 2. The monoisotopic (exact) mass is 267 g/mol. The van der Waals surface area contributed by atoms with Crippen LogP contribution in [-0.4, -0.2) is 21.1 Å². The number of carbonyl (C=O) groups is 1. The van der Waals surface area contributed by atoms with Gasteiger partial charge in [-0.15, -0.1) is 0 Å². The third-order valence-corrected chi connectivity index (χ3v) is 3.10.